The summed E-state index contributed by atoms with van der Waals surface area (Å²) in [6.07, 6.45) is 17.0. The molecule has 0 radical (unpaired) electrons. The lowest BCUT2D eigenvalue weighted by Crippen LogP contribution is -2.87. The van der Waals surface area contributed by atoms with Gasteiger partial charge in [0.05, 0.1) is 11.1 Å². The van der Waals surface area contributed by atoms with Crippen molar-refractivity contribution in [2.24, 2.45) is 46.0 Å². The third-order valence-electron chi connectivity index (χ3n) is 13.0. The summed E-state index contributed by atoms with van der Waals surface area (Å²) < 4.78 is 11.8. The smallest absolute Gasteiger partial charge is 0.269 e. The van der Waals surface area contributed by atoms with E-state index in [-0.39, 0.29) is 27.7 Å². The van der Waals surface area contributed by atoms with Gasteiger partial charge < -0.3 is 0 Å². The Labute approximate surface area is 239 Å². The molecule has 0 aromatic heterocycles. The van der Waals surface area contributed by atoms with E-state index in [2.05, 4.69) is 73.9 Å². The fraction of sp³-hybridized carbons (Fsp3) is 1.00. The minimum absolute atomic E-state index is 0.0339. The molecule has 218 valence electrons. The van der Waals surface area contributed by atoms with E-state index in [1.54, 1.807) is 0 Å². The number of rotatable bonds is 2. The van der Waals surface area contributed by atoms with Crippen molar-refractivity contribution in [2.45, 2.75) is 160 Å². The van der Waals surface area contributed by atoms with Gasteiger partial charge in [-0.15, -0.1) is 0 Å². The summed E-state index contributed by atoms with van der Waals surface area (Å²) in [6, 6.07) is 0. The standard InChI is InChI=1S/C32H56N6Si/c1-28(2,3)35-21-30(7,8)36(29(4,5)6)39(35)37(31-15-22-9-23(16-31)11-24(10-22)17-31)33-34-38(39)32-18-25-12-26(19-32)14-27(13-25)20-32/h22-27H,9-21H2,1-8H3. The SMILES string of the molecule is CC(C)(C)N1CC(C)(C)N(C(C)(C)C)[Si]12N(C13CC4CC(CC(C4)C1)C3)N=NN2C12CC3CC(CC(C3)C1)C2. The largest absolute Gasteiger partial charge is 0.477 e. The average Bonchev–Trinajstić information content (AvgIpc) is 3.27. The Bertz CT molecular complexity index is 943. The molecule has 8 saturated carbocycles. The van der Waals surface area contributed by atoms with Crippen LogP contribution >= 0.6 is 0 Å². The molecule has 1 saturated heterocycles. The van der Waals surface area contributed by atoms with Gasteiger partial charge in [-0.05, 0) is 168 Å². The molecule has 0 aromatic rings. The molecule has 2 heterocycles. The van der Waals surface area contributed by atoms with Gasteiger partial charge in [0.1, 0.15) is 0 Å². The third-order valence-corrected chi connectivity index (χ3v) is 18.7. The molecule has 9 fully saturated rings. The molecular formula is C32H56N6Si. The summed E-state index contributed by atoms with van der Waals surface area (Å²) in [5.74, 6) is 5.45. The van der Waals surface area contributed by atoms with Crippen LogP contribution in [0.15, 0.2) is 10.4 Å². The van der Waals surface area contributed by atoms with Crippen molar-refractivity contribution in [3.8, 4) is 0 Å². The molecule has 8 bridgehead atoms. The molecule has 7 heteroatoms. The molecular weight excluding hydrogens is 496 g/mol. The van der Waals surface area contributed by atoms with Crippen LogP contribution in [0.2, 0.25) is 0 Å². The highest BCUT2D eigenvalue weighted by molar-refractivity contribution is 6.70. The van der Waals surface area contributed by atoms with E-state index in [1.807, 2.05) is 0 Å². The van der Waals surface area contributed by atoms with Crippen molar-refractivity contribution in [1.82, 2.24) is 18.5 Å². The van der Waals surface area contributed by atoms with E-state index in [4.69, 9.17) is 10.4 Å². The van der Waals surface area contributed by atoms with Crippen LogP contribution < -0.4 is 0 Å². The minimum atomic E-state index is -2.76. The van der Waals surface area contributed by atoms with E-state index in [1.165, 1.54) is 77.0 Å². The minimum Gasteiger partial charge on any atom is -0.269 e. The van der Waals surface area contributed by atoms with Crippen LogP contribution in [0.1, 0.15) is 132 Å². The molecule has 0 aromatic carbocycles. The van der Waals surface area contributed by atoms with Crippen LogP contribution in [0.3, 0.4) is 0 Å². The molecule has 10 rings (SSSR count). The second kappa shape index (κ2) is 7.64. The van der Waals surface area contributed by atoms with Crippen LogP contribution in [-0.4, -0.2) is 61.4 Å². The fourth-order valence-corrected chi connectivity index (χ4v) is 20.0. The van der Waals surface area contributed by atoms with Crippen LogP contribution in [0.25, 0.3) is 0 Å². The molecule has 0 unspecified atom stereocenters. The molecule has 2 aliphatic heterocycles. The van der Waals surface area contributed by atoms with E-state index in [0.29, 0.717) is 0 Å². The number of nitrogens with zero attached hydrogens (tertiary/aromatic N) is 6. The Morgan fingerprint density at radius 1 is 0.564 bits per heavy atom. The van der Waals surface area contributed by atoms with Gasteiger partial charge in [0.25, 0.3) is 0 Å². The van der Waals surface area contributed by atoms with Crippen molar-refractivity contribution in [2.75, 3.05) is 6.54 Å². The summed E-state index contributed by atoms with van der Waals surface area (Å²) in [5.41, 5.74) is 0.560. The first kappa shape index (κ1) is 26.0. The van der Waals surface area contributed by atoms with Gasteiger partial charge in [-0.1, -0.05) is 10.4 Å². The molecule has 6 nitrogen and oxygen atoms in total. The van der Waals surface area contributed by atoms with Gasteiger partial charge in [0.2, 0.25) is 0 Å². The highest BCUT2D eigenvalue weighted by atomic mass is 28.4. The van der Waals surface area contributed by atoms with E-state index >= 15 is 0 Å². The molecule has 0 amide bonds. The Balaban J connectivity index is 1.35. The quantitative estimate of drug-likeness (QED) is 0.338. The Morgan fingerprint density at radius 3 is 1.18 bits per heavy atom. The first-order chi connectivity index (χ1) is 18.1. The van der Waals surface area contributed by atoms with Crippen molar-refractivity contribution in [3.63, 3.8) is 0 Å². The summed E-state index contributed by atoms with van der Waals surface area (Å²) >= 11 is 0. The maximum Gasteiger partial charge on any atom is 0.477 e. The molecule has 39 heavy (non-hydrogen) atoms. The molecule has 8 aliphatic carbocycles. The first-order valence-electron chi connectivity index (χ1n) is 16.8. The van der Waals surface area contributed by atoms with E-state index in [9.17, 15) is 0 Å². The van der Waals surface area contributed by atoms with Crippen molar-refractivity contribution in [3.05, 3.63) is 0 Å². The summed E-state index contributed by atoms with van der Waals surface area (Å²) in [6.45, 7) is 21.2. The van der Waals surface area contributed by atoms with Crippen LogP contribution in [0.5, 0.6) is 0 Å². The van der Waals surface area contributed by atoms with Crippen molar-refractivity contribution in [1.29, 1.82) is 0 Å². The van der Waals surface area contributed by atoms with Gasteiger partial charge in [0, 0.05) is 23.2 Å². The molecule has 10 aliphatic rings. The first-order valence-corrected chi connectivity index (χ1v) is 18.5. The second-order valence-electron chi connectivity index (χ2n) is 18.8. The third kappa shape index (κ3) is 3.39. The molecule has 0 N–H and O–H groups in total. The second-order valence-corrected chi connectivity index (χ2v) is 21.8. The van der Waals surface area contributed by atoms with Crippen LogP contribution in [0, 0.1) is 35.5 Å². The number of hydrogen-bond acceptors (Lipinski definition) is 6. The fourth-order valence-electron chi connectivity index (χ4n) is 13.3. The average molecular weight is 553 g/mol. The summed E-state index contributed by atoms with van der Waals surface area (Å²) in [7, 11) is -2.76. The Morgan fingerprint density at radius 2 is 0.897 bits per heavy atom. The maximum atomic E-state index is 5.56. The van der Waals surface area contributed by atoms with Gasteiger partial charge in [-0.25, -0.2) is 9.35 Å². The Kier molecular flexibility index (Phi) is 5.09. The normalized spacial score (nSPS) is 50.4. The maximum absolute atomic E-state index is 5.56. The van der Waals surface area contributed by atoms with Gasteiger partial charge in [0.15, 0.2) is 0 Å². The topological polar surface area (TPSA) is 37.7 Å². The molecule has 1 spiro atoms. The lowest BCUT2D eigenvalue weighted by Gasteiger charge is -2.67. The summed E-state index contributed by atoms with van der Waals surface area (Å²) in [4.78, 5) is 0. The highest BCUT2D eigenvalue weighted by Crippen LogP contribution is 2.65. The lowest BCUT2D eigenvalue weighted by molar-refractivity contribution is -0.0865. The number of hydrogen-bond donors (Lipinski definition) is 0. The zero-order chi connectivity index (χ0) is 27.4. The van der Waals surface area contributed by atoms with Crippen LogP contribution in [0.4, 0.5) is 0 Å². The molecule has 0 atom stereocenters. The van der Waals surface area contributed by atoms with Gasteiger partial charge in [-0.2, -0.15) is 0 Å². The summed E-state index contributed by atoms with van der Waals surface area (Å²) in [5, 5.41) is 11.1. The zero-order valence-corrected chi connectivity index (χ0v) is 27.3. The highest BCUT2D eigenvalue weighted by Gasteiger charge is 2.80. The predicted octanol–water partition coefficient (Wildman–Crippen LogP) is 7.25. The van der Waals surface area contributed by atoms with Crippen molar-refractivity contribution >= 4 is 8.72 Å². The zero-order valence-electron chi connectivity index (χ0n) is 26.3. The van der Waals surface area contributed by atoms with Crippen LogP contribution in [-0.2, 0) is 0 Å². The Hall–Kier alpha value is -0.663. The predicted molar refractivity (Wildman–Crippen MR) is 158 cm³/mol. The van der Waals surface area contributed by atoms with Gasteiger partial charge >= 0.3 is 8.72 Å². The van der Waals surface area contributed by atoms with Gasteiger partial charge in [-0.3, -0.25) is 9.13 Å². The monoisotopic (exact) mass is 552 g/mol. The van der Waals surface area contributed by atoms with E-state index in [0.717, 1.165) is 42.1 Å². The van der Waals surface area contributed by atoms with E-state index < -0.39 is 8.72 Å². The van der Waals surface area contributed by atoms with Crippen molar-refractivity contribution < 1.29 is 0 Å². The lowest BCUT2D eigenvalue weighted by atomic mass is 9.53.